The molecule has 1 aromatic carbocycles. The first-order valence-corrected chi connectivity index (χ1v) is 8.05. The molecule has 0 aliphatic carbocycles. The van der Waals surface area contributed by atoms with Gasteiger partial charge in [0.15, 0.2) is 11.0 Å². The monoisotopic (exact) mass is 357 g/mol. The van der Waals surface area contributed by atoms with Crippen LogP contribution in [0.25, 0.3) is 5.82 Å². The number of benzene rings is 1. The van der Waals surface area contributed by atoms with Gasteiger partial charge in [0, 0.05) is 17.9 Å². The maximum atomic E-state index is 13.2. The van der Waals surface area contributed by atoms with Gasteiger partial charge in [0.2, 0.25) is 5.91 Å². The quantitative estimate of drug-likeness (QED) is 0.764. The van der Waals surface area contributed by atoms with Crippen LogP contribution in [-0.2, 0) is 4.79 Å². The van der Waals surface area contributed by atoms with E-state index in [0.29, 0.717) is 11.6 Å². The van der Waals surface area contributed by atoms with Gasteiger partial charge in [-0.25, -0.2) is 4.39 Å². The van der Waals surface area contributed by atoms with Gasteiger partial charge in [0.1, 0.15) is 11.6 Å². The van der Waals surface area contributed by atoms with E-state index >= 15 is 0 Å². The summed E-state index contributed by atoms with van der Waals surface area (Å²) in [7, 11) is 0. The normalized spacial score (nSPS) is 16.4. The van der Waals surface area contributed by atoms with Crippen LogP contribution in [0.3, 0.4) is 0 Å². The third-order valence-corrected chi connectivity index (χ3v) is 4.41. The maximum Gasteiger partial charge on any atom is 0.226 e. The molecule has 0 fully saturated rings. The minimum absolute atomic E-state index is 0.134. The first kappa shape index (κ1) is 15.7. The van der Waals surface area contributed by atoms with Crippen molar-refractivity contribution < 1.29 is 9.18 Å². The van der Waals surface area contributed by atoms with E-state index in [1.54, 1.807) is 28.9 Å². The van der Waals surface area contributed by atoms with Crippen molar-refractivity contribution in [1.82, 2.24) is 20.0 Å². The lowest BCUT2D eigenvalue weighted by atomic mass is 9.86. The molecule has 1 aliphatic rings. The van der Waals surface area contributed by atoms with Gasteiger partial charge in [0.25, 0.3) is 0 Å². The lowest BCUT2D eigenvalue weighted by molar-refractivity contribution is -0.116. The number of anilines is 1. The van der Waals surface area contributed by atoms with Gasteiger partial charge in [-0.3, -0.25) is 4.79 Å². The number of hydrogen-bond acceptors (Lipinski definition) is 4. The van der Waals surface area contributed by atoms with Crippen molar-refractivity contribution in [2.75, 3.05) is 5.32 Å². The summed E-state index contributed by atoms with van der Waals surface area (Å²) < 4.78 is 14.8. The molecule has 8 heteroatoms. The van der Waals surface area contributed by atoms with Gasteiger partial charge in [0.05, 0.1) is 5.69 Å². The highest BCUT2D eigenvalue weighted by Gasteiger charge is 2.32. The number of nitrogens with zero attached hydrogens (tertiary/aromatic N) is 4. The summed E-state index contributed by atoms with van der Waals surface area (Å²) in [4.78, 5) is 12.2. The van der Waals surface area contributed by atoms with E-state index in [0.717, 1.165) is 16.8 Å². The molecule has 1 amide bonds. The van der Waals surface area contributed by atoms with Gasteiger partial charge in [-0.05, 0) is 36.8 Å². The van der Waals surface area contributed by atoms with Gasteiger partial charge in [-0.1, -0.05) is 23.7 Å². The molecule has 126 valence electrons. The fraction of sp³-hybridized carbons (Fsp3) is 0.176. The lowest BCUT2D eigenvalue weighted by Crippen LogP contribution is -2.25. The Kier molecular flexibility index (Phi) is 3.73. The molecule has 2 aromatic heterocycles. The van der Waals surface area contributed by atoms with Crippen LogP contribution in [0.5, 0.6) is 0 Å². The zero-order chi connectivity index (χ0) is 17.6. The predicted molar refractivity (Wildman–Crippen MR) is 90.4 cm³/mol. The van der Waals surface area contributed by atoms with Crippen molar-refractivity contribution in [3.63, 3.8) is 0 Å². The van der Waals surface area contributed by atoms with E-state index in [9.17, 15) is 9.18 Å². The summed E-state index contributed by atoms with van der Waals surface area (Å²) in [6, 6.07) is 9.46. The summed E-state index contributed by atoms with van der Waals surface area (Å²) in [5.41, 5.74) is 2.52. The van der Waals surface area contributed by atoms with Crippen LogP contribution in [0.2, 0.25) is 5.15 Å². The van der Waals surface area contributed by atoms with Crippen LogP contribution in [0.1, 0.15) is 29.2 Å². The molecule has 25 heavy (non-hydrogen) atoms. The number of carbonyl (C=O) groups is 1. The number of rotatable bonds is 2. The molecule has 0 saturated carbocycles. The molecule has 6 nitrogen and oxygen atoms in total. The zero-order valence-electron chi connectivity index (χ0n) is 13.2. The van der Waals surface area contributed by atoms with E-state index in [-0.39, 0.29) is 29.2 Å². The second kappa shape index (κ2) is 5.93. The van der Waals surface area contributed by atoms with Gasteiger partial charge in [-0.2, -0.15) is 9.78 Å². The minimum Gasteiger partial charge on any atom is -0.310 e. The van der Waals surface area contributed by atoms with Gasteiger partial charge < -0.3 is 5.32 Å². The van der Waals surface area contributed by atoms with Gasteiger partial charge in [-0.15, -0.1) is 10.2 Å². The summed E-state index contributed by atoms with van der Waals surface area (Å²) >= 11 is 5.78. The Morgan fingerprint density at radius 2 is 1.96 bits per heavy atom. The van der Waals surface area contributed by atoms with Crippen molar-refractivity contribution in [2.24, 2.45) is 0 Å². The SMILES string of the molecule is Cc1nn(-c2ccc(Cl)nn2)c2c1C(c1ccc(F)cc1)CC(=O)N2. The third-order valence-electron chi connectivity index (χ3n) is 4.21. The highest BCUT2D eigenvalue weighted by Crippen LogP contribution is 2.39. The second-order valence-corrected chi connectivity index (χ2v) is 6.22. The molecule has 3 aromatic rings. The van der Waals surface area contributed by atoms with Crippen molar-refractivity contribution >= 4 is 23.3 Å². The average molecular weight is 358 g/mol. The number of fused-ring (bicyclic) bond motifs is 1. The van der Waals surface area contributed by atoms with E-state index < -0.39 is 0 Å². The standard InChI is InChI=1S/C17H13ClFN5O/c1-9-16-12(10-2-4-11(19)5-3-10)8-15(25)20-17(16)24(23-9)14-7-6-13(18)21-22-14/h2-7,12H,8H2,1H3,(H,20,25). The van der Waals surface area contributed by atoms with Crippen LogP contribution in [0.4, 0.5) is 10.2 Å². The number of nitrogens with one attached hydrogen (secondary N) is 1. The molecule has 1 atom stereocenters. The highest BCUT2D eigenvalue weighted by atomic mass is 35.5. The molecular weight excluding hydrogens is 345 g/mol. The second-order valence-electron chi connectivity index (χ2n) is 5.83. The molecule has 1 N–H and O–H groups in total. The Balaban J connectivity index is 1.85. The summed E-state index contributed by atoms with van der Waals surface area (Å²) in [6.45, 7) is 1.87. The smallest absolute Gasteiger partial charge is 0.226 e. The first-order chi connectivity index (χ1) is 12.0. The lowest BCUT2D eigenvalue weighted by Gasteiger charge is -2.24. The Morgan fingerprint density at radius 3 is 2.64 bits per heavy atom. The van der Waals surface area contributed by atoms with Crippen LogP contribution < -0.4 is 5.32 Å². The minimum atomic E-state index is -0.312. The predicted octanol–water partition coefficient (Wildman–Crippen LogP) is 3.24. The molecule has 1 unspecified atom stereocenters. The Labute approximate surface area is 147 Å². The van der Waals surface area contributed by atoms with E-state index in [1.165, 1.54) is 12.1 Å². The highest BCUT2D eigenvalue weighted by molar-refractivity contribution is 6.29. The summed E-state index contributed by atoms with van der Waals surface area (Å²) in [5, 5.41) is 15.5. The van der Waals surface area contributed by atoms with Crippen molar-refractivity contribution in [2.45, 2.75) is 19.3 Å². The van der Waals surface area contributed by atoms with Crippen LogP contribution in [-0.4, -0.2) is 25.9 Å². The number of halogens is 2. The number of carbonyl (C=O) groups excluding carboxylic acids is 1. The van der Waals surface area contributed by atoms with Crippen LogP contribution in [0.15, 0.2) is 36.4 Å². The number of amides is 1. The van der Waals surface area contributed by atoms with Crippen molar-refractivity contribution in [3.8, 4) is 5.82 Å². The maximum absolute atomic E-state index is 13.2. The van der Waals surface area contributed by atoms with Gasteiger partial charge >= 0.3 is 0 Å². The third kappa shape index (κ3) is 2.76. The van der Waals surface area contributed by atoms with Crippen molar-refractivity contribution in [1.29, 1.82) is 0 Å². The van der Waals surface area contributed by atoms with Crippen LogP contribution >= 0.6 is 11.6 Å². The first-order valence-electron chi connectivity index (χ1n) is 7.67. The Hall–Kier alpha value is -2.80. The molecule has 0 bridgehead atoms. The molecule has 4 rings (SSSR count). The Morgan fingerprint density at radius 1 is 1.20 bits per heavy atom. The number of hydrogen-bond donors (Lipinski definition) is 1. The molecule has 3 heterocycles. The summed E-state index contributed by atoms with van der Waals surface area (Å²) in [5.74, 6) is 0.366. The van der Waals surface area contributed by atoms with Crippen LogP contribution in [0, 0.1) is 12.7 Å². The summed E-state index contributed by atoms with van der Waals surface area (Å²) in [6.07, 6.45) is 0.275. The number of aromatic nitrogens is 4. The van der Waals surface area contributed by atoms with E-state index in [1.807, 2.05) is 6.92 Å². The average Bonchev–Trinajstić information content (AvgIpc) is 2.92. The fourth-order valence-corrected chi connectivity index (χ4v) is 3.22. The zero-order valence-corrected chi connectivity index (χ0v) is 14.0. The molecular formula is C17H13ClFN5O. The number of aryl methyl sites for hydroxylation is 1. The topological polar surface area (TPSA) is 72.7 Å². The molecule has 0 spiro atoms. The van der Waals surface area contributed by atoms with E-state index in [2.05, 4.69) is 20.6 Å². The fourth-order valence-electron chi connectivity index (χ4n) is 3.11. The van der Waals surface area contributed by atoms with E-state index in [4.69, 9.17) is 11.6 Å². The molecule has 0 saturated heterocycles. The molecule has 1 aliphatic heterocycles. The Bertz CT molecular complexity index is 952. The van der Waals surface area contributed by atoms with Crippen molar-refractivity contribution in [3.05, 3.63) is 64.2 Å². The largest absolute Gasteiger partial charge is 0.310 e. The molecule has 0 radical (unpaired) electrons.